The standard InChI is InChI=1S/C17H19BrFN/c1-10-7-12(3)15(8-11(10)2)13(4)20-14-5-6-16(18)17(19)9-14/h5-9,13,20H,1-4H3. The first kappa shape index (κ1) is 15.0. The molecule has 0 fully saturated rings. The van der Waals surface area contributed by atoms with E-state index in [0.717, 1.165) is 5.69 Å². The van der Waals surface area contributed by atoms with Gasteiger partial charge in [0.2, 0.25) is 0 Å². The van der Waals surface area contributed by atoms with E-state index in [1.54, 1.807) is 6.07 Å². The normalized spacial score (nSPS) is 12.3. The molecule has 3 heteroatoms. The van der Waals surface area contributed by atoms with Crippen LogP contribution in [-0.2, 0) is 0 Å². The lowest BCUT2D eigenvalue weighted by atomic mass is 9.96. The van der Waals surface area contributed by atoms with E-state index in [1.807, 2.05) is 6.07 Å². The predicted molar refractivity (Wildman–Crippen MR) is 86.8 cm³/mol. The molecule has 0 bridgehead atoms. The van der Waals surface area contributed by atoms with Gasteiger partial charge >= 0.3 is 0 Å². The molecule has 0 aliphatic heterocycles. The second-order valence-corrected chi connectivity index (χ2v) is 6.14. The molecule has 0 aliphatic rings. The Kier molecular flexibility index (Phi) is 4.48. The van der Waals surface area contributed by atoms with Gasteiger partial charge in [-0.1, -0.05) is 12.1 Å². The molecule has 2 aromatic rings. The molecule has 1 unspecified atom stereocenters. The zero-order valence-corrected chi connectivity index (χ0v) is 13.8. The fourth-order valence-corrected chi connectivity index (χ4v) is 2.61. The van der Waals surface area contributed by atoms with Gasteiger partial charge in [0.25, 0.3) is 0 Å². The third-order valence-electron chi connectivity index (χ3n) is 3.65. The summed E-state index contributed by atoms with van der Waals surface area (Å²) in [7, 11) is 0. The van der Waals surface area contributed by atoms with E-state index < -0.39 is 0 Å². The SMILES string of the molecule is Cc1cc(C)c(C(C)Nc2ccc(Br)c(F)c2)cc1C. The average Bonchev–Trinajstić information content (AvgIpc) is 2.38. The third kappa shape index (κ3) is 3.21. The fraction of sp³-hybridized carbons (Fsp3) is 0.294. The van der Waals surface area contributed by atoms with E-state index in [4.69, 9.17) is 0 Å². The Balaban J connectivity index is 2.25. The van der Waals surface area contributed by atoms with Gasteiger partial charge in [0.1, 0.15) is 5.82 Å². The number of hydrogen-bond acceptors (Lipinski definition) is 1. The molecule has 0 aromatic heterocycles. The van der Waals surface area contributed by atoms with Crippen molar-refractivity contribution < 1.29 is 4.39 Å². The molecule has 1 nitrogen and oxygen atoms in total. The van der Waals surface area contributed by atoms with Crippen molar-refractivity contribution in [2.75, 3.05) is 5.32 Å². The summed E-state index contributed by atoms with van der Waals surface area (Å²) in [4.78, 5) is 0. The molecule has 0 amide bonds. The highest BCUT2D eigenvalue weighted by atomic mass is 79.9. The van der Waals surface area contributed by atoms with Crippen LogP contribution in [0.5, 0.6) is 0 Å². The molecular formula is C17H19BrFN. The lowest BCUT2D eigenvalue weighted by Gasteiger charge is -2.19. The van der Waals surface area contributed by atoms with Crippen molar-refractivity contribution in [3.05, 3.63) is 62.9 Å². The number of halogens is 2. The van der Waals surface area contributed by atoms with Crippen molar-refractivity contribution in [3.63, 3.8) is 0 Å². The molecule has 1 N–H and O–H groups in total. The second-order valence-electron chi connectivity index (χ2n) is 5.29. The minimum absolute atomic E-state index is 0.134. The minimum atomic E-state index is -0.251. The van der Waals surface area contributed by atoms with Crippen molar-refractivity contribution in [3.8, 4) is 0 Å². The molecule has 2 aromatic carbocycles. The van der Waals surface area contributed by atoms with Gasteiger partial charge in [0.15, 0.2) is 0 Å². The summed E-state index contributed by atoms with van der Waals surface area (Å²) < 4.78 is 14.0. The van der Waals surface area contributed by atoms with Crippen LogP contribution >= 0.6 is 15.9 Å². The van der Waals surface area contributed by atoms with Crippen molar-refractivity contribution in [2.45, 2.75) is 33.7 Å². The summed E-state index contributed by atoms with van der Waals surface area (Å²) in [6, 6.07) is 9.65. The fourth-order valence-electron chi connectivity index (χ4n) is 2.36. The largest absolute Gasteiger partial charge is 0.378 e. The van der Waals surface area contributed by atoms with Crippen molar-refractivity contribution in [2.24, 2.45) is 0 Å². The molecule has 0 aliphatic carbocycles. The topological polar surface area (TPSA) is 12.0 Å². The van der Waals surface area contributed by atoms with Crippen LogP contribution < -0.4 is 5.32 Å². The lowest BCUT2D eigenvalue weighted by molar-refractivity contribution is 0.621. The Morgan fingerprint density at radius 1 is 1.00 bits per heavy atom. The first-order chi connectivity index (χ1) is 9.38. The van der Waals surface area contributed by atoms with Gasteiger partial charge in [0, 0.05) is 11.7 Å². The molecule has 0 spiro atoms. The van der Waals surface area contributed by atoms with Crippen LogP contribution in [0.15, 0.2) is 34.8 Å². The highest BCUT2D eigenvalue weighted by Gasteiger charge is 2.11. The number of nitrogens with one attached hydrogen (secondary N) is 1. The average molecular weight is 336 g/mol. The van der Waals surface area contributed by atoms with E-state index in [1.165, 1.54) is 28.3 Å². The van der Waals surface area contributed by atoms with Crippen molar-refractivity contribution in [1.29, 1.82) is 0 Å². The van der Waals surface area contributed by atoms with Crippen LogP contribution in [0.4, 0.5) is 10.1 Å². The molecule has 2 rings (SSSR count). The number of aryl methyl sites for hydroxylation is 3. The molecule has 0 saturated carbocycles. The monoisotopic (exact) mass is 335 g/mol. The van der Waals surface area contributed by atoms with E-state index >= 15 is 0 Å². The maximum atomic E-state index is 13.5. The van der Waals surface area contributed by atoms with Gasteiger partial charge in [-0.2, -0.15) is 0 Å². The predicted octanol–water partition coefficient (Wildman–Crippen LogP) is 5.69. The van der Waals surface area contributed by atoms with Crippen LogP contribution in [0.25, 0.3) is 0 Å². The summed E-state index contributed by atoms with van der Waals surface area (Å²) >= 11 is 3.17. The lowest BCUT2D eigenvalue weighted by Crippen LogP contribution is -2.09. The summed E-state index contributed by atoms with van der Waals surface area (Å²) in [6.45, 7) is 8.44. The molecule has 0 radical (unpaired) electrons. The quantitative estimate of drug-likeness (QED) is 0.760. The van der Waals surface area contributed by atoms with E-state index in [-0.39, 0.29) is 11.9 Å². The van der Waals surface area contributed by atoms with Gasteiger partial charge < -0.3 is 5.32 Å². The highest BCUT2D eigenvalue weighted by molar-refractivity contribution is 9.10. The number of hydrogen-bond donors (Lipinski definition) is 1. The zero-order chi connectivity index (χ0) is 14.9. The van der Waals surface area contributed by atoms with E-state index in [9.17, 15) is 4.39 Å². The molecule has 106 valence electrons. The van der Waals surface area contributed by atoms with Gasteiger partial charge in [-0.15, -0.1) is 0 Å². The first-order valence-electron chi connectivity index (χ1n) is 6.68. The smallest absolute Gasteiger partial charge is 0.139 e. The van der Waals surface area contributed by atoms with Gasteiger partial charge in [-0.25, -0.2) is 4.39 Å². The molecular weight excluding hydrogens is 317 g/mol. The molecule has 20 heavy (non-hydrogen) atoms. The Labute approximate surface area is 128 Å². The van der Waals surface area contributed by atoms with Crippen LogP contribution in [0.1, 0.15) is 35.2 Å². The molecule has 0 heterocycles. The van der Waals surface area contributed by atoms with Crippen LogP contribution in [0.3, 0.4) is 0 Å². The Hall–Kier alpha value is -1.35. The van der Waals surface area contributed by atoms with Crippen LogP contribution in [0.2, 0.25) is 0 Å². The summed E-state index contributed by atoms with van der Waals surface area (Å²) in [6.07, 6.45) is 0. The maximum absolute atomic E-state index is 13.5. The van der Waals surface area contributed by atoms with Gasteiger partial charge in [0.05, 0.1) is 4.47 Å². The first-order valence-corrected chi connectivity index (χ1v) is 7.47. The minimum Gasteiger partial charge on any atom is -0.378 e. The van der Waals surface area contributed by atoms with Crippen LogP contribution in [0, 0.1) is 26.6 Å². The Morgan fingerprint density at radius 3 is 2.30 bits per heavy atom. The summed E-state index contributed by atoms with van der Waals surface area (Å²) in [5, 5.41) is 3.35. The van der Waals surface area contributed by atoms with Gasteiger partial charge in [-0.05, 0) is 84.1 Å². The number of rotatable bonds is 3. The third-order valence-corrected chi connectivity index (χ3v) is 4.29. The molecule has 0 saturated heterocycles. The summed E-state index contributed by atoms with van der Waals surface area (Å²) in [5.41, 5.74) is 5.87. The molecule has 1 atom stereocenters. The van der Waals surface area contributed by atoms with E-state index in [0.29, 0.717) is 4.47 Å². The second kappa shape index (κ2) is 5.96. The summed E-state index contributed by atoms with van der Waals surface area (Å²) in [5.74, 6) is -0.251. The Bertz CT molecular complexity index is 637. The number of anilines is 1. The highest BCUT2D eigenvalue weighted by Crippen LogP contribution is 2.26. The van der Waals surface area contributed by atoms with Crippen LogP contribution in [-0.4, -0.2) is 0 Å². The maximum Gasteiger partial charge on any atom is 0.139 e. The zero-order valence-electron chi connectivity index (χ0n) is 12.2. The number of benzene rings is 2. The van der Waals surface area contributed by atoms with Crippen molar-refractivity contribution >= 4 is 21.6 Å². The van der Waals surface area contributed by atoms with Gasteiger partial charge in [-0.3, -0.25) is 0 Å². The van der Waals surface area contributed by atoms with Crippen molar-refractivity contribution in [1.82, 2.24) is 0 Å². The Morgan fingerprint density at radius 2 is 1.65 bits per heavy atom. The van der Waals surface area contributed by atoms with E-state index in [2.05, 4.69) is 61.1 Å².